The second-order valence-electron chi connectivity index (χ2n) is 13.6. The molecule has 0 saturated carbocycles. The molecule has 0 bridgehead atoms. The van der Waals surface area contributed by atoms with Crippen molar-refractivity contribution in [3.05, 3.63) is 111 Å². The molecule has 2 fully saturated rings. The Morgan fingerprint density at radius 2 is 1.73 bits per heavy atom. The first-order valence-corrected chi connectivity index (χ1v) is 17.5. The third-order valence-electron chi connectivity index (χ3n) is 9.88. The number of carboxylic acids is 1. The van der Waals surface area contributed by atoms with Gasteiger partial charge in [0.25, 0.3) is 11.5 Å². The molecule has 3 aromatic heterocycles. The summed E-state index contributed by atoms with van der Waals surface area (Å²) < 4.78 is 1.40. The van der Waals surface area contributed by atoms with Crippen LogP contribution in [0.2, 0.25) is 5.02 Å². The number of nitrogens with one attached hydrogen (secondary N) is 2. The molecule has 0 spiro atoms. The van der Waals surface area contributed by atoms with Crippen LogP contribution in [0.5, 0.6) is 0 Å². The summed E-state index contributed by atoms with van der Waals surface area (Å²) in [5.74, 6) is -1.04. The lowest BCUT2D eigenvalue weighted by Crippen LogP contribution is -2.49. The van der Waals surface area contributed by atoms with E-state index in [1.54, 1.807) is 43.8 Å². The molecule has 1 atom stereocenters. The number of amides is 1. The molecule has 2 saturated heterocycles. The van der Waals surface area contributed by atoms with Crippen molar-refractivity contribution < 1.29 is 19.5 Å². The number of carboxylic acid groups (broad SMARTS) is 1. The van der Waals surface area contributed by atoms with Gasteiger partial charge >= 0.3 is 5.97 Å². The molecule has 3 N–H and O–H groups in total. The summed E-state index contributed by atoms with van der Waals surface area (Å²) in [6.07, 6.45) is 7.03. The lowest BCUT2D eigenvalue weighted by Gasteiger charge is -2.36. The number of carbonyl (C=O) groups excluding carboxylic acids is 2. The molecule has 2 aromatic carbocycles. The van der Waals surface area contributed by atoms with Crippen molar-refractivity contribution in [3.8, 4) is 11.1 Å². The second-order valence-corrected chi connectivity index (χ2v) is 14.0. The number of benzene rings is 2. The number of fused-ring (bicyclic) bond motifs is 1. The zero-order valence-corrected chi connectivity index (χ0v) is 29.6. The largest absolute Gasteiger partial charge is 0.481 e. The van der Waals surface area contributed by atoms with Crippen molar-refractivity contribution in [3.63, 3.8) is 0 Å². The first kappa shape index (κ1) is 35.0. The van der Waals surface area contributed by atoms with Crippen molar-refractivity contribution >= 4 is 57.9 Å². The highest BCUT2D eigenvalue weighted by Gasteiger charge is 2.32. The maximum Gasteiger partial charge on any atom is 0.309 e. The van der Waals surface area contributed by atoms with Gasteiger partial charge in [0.15, 0.2) is 5.82 Å². The van der Waals surface area contributed by atoms with E-state index in [-0.39, 0.29) is 17.4 Å². The molecule has 0 aliphatic carbocycles. The molecule has 12 nitrogen and oxygen atoms in total. The minimum absolute atomic E-state index is 0.00402. The second kappa shape index (κ2) is 14.7. The number of aliphatic carboxylic acids is 1. The van der Waals surface area contributed by atoms with Crippen LogP contribution in [0, 0.1) is 18.8 Å². The van der Waals surface area contributed by atoms with Gasteiger partial charge in [0.05, 0.1) is 16.6 Å². The number of halogens is 1. The van der Waals surface area contributed by atoms with Gasteiger partial charge in [-0.15, -0.1) is 0 Å². The summed E-state index contributed by atoms with van der Waals surface area (Å²) in [6.45, 7) is 5.62. The number of aryl methyl sites for hydroxylation is 1. The number of likely N-dealkylation sites (tertiary alicyclic amines) is 2. The van der Waals surface area contributed by atoms with Gasteiger partial charge < -0.3 is 25.1 Å². The molecule has 13 heteroatoms. The van der Waals surface area contributed by atoms with Gasteiger partial charge in [-0.2, -0.15) is 0 Å². The first-order valence-electron chi connectivity index (χ1n) is 17.1. The zero-order valence-electron chi connectivity index (χ0n) is 28.8. The summed E-state index contributed by atoms with van der Waals surface area (Å²) in [4.78, 5) is 62.5. The van der Waals surface area contributed by atoms with E-state index in [1.807, 2.05) is 37.3 Å². The third-order valence-corrected chi connectivity index (χ3v) is 10.3. The normalized spacial score (nSPS) is 16.5. The van der Waals surface area contributed by atoms with Crippen LogP contribution in [0.1, 0.15) is 33.5 Å². The fourth-order valence-electron chi connectivity index (χ4n) is 7.02. The van der Waals surface area contributed by atoms with E-state index in [9.17, 15) is 24.3 Å². The average Bonchev–Trinajstić information content (AvgIpc) is 3.57. The molecule has 266 valence electrons. The van der Waals surface area contributed by atoms with Crippen molar-refractivity contribution in [2.75, 3.05) is 36.8 Å². The van der Waals surface area contributed by atoms with Gasteiger partial charge in [-0.25, -0.2) is 4.98 Å². The van der Waals surface area contributed by atoms with Gasteiger partial charge in [-0.05, 0) is 72.5 Å². The van der Waals surface area contributed by atoms with E-state index in [2.05, 4.69) is 31.5 Å². The Kier molecular flexibility index (Phi) is 9.87. The number of aldehydes is 1. The van der Waals surface area contributed by atoms with Crippen LogP contribution in [0.3, 0.4) is 0 Å². The van der Waals surface area contributed by atoms with Gasteiger partial charge in [-0.3, -0.25) is 29.2 Å². The lowest BCUT2D eigenvalue weighted by atomic mass is 9.98. The van der Waals surface area contributed by atoms with Crippen LogP contribution >= 0.6 is 11.6 Å². The van der Waals surface area contributed by atoms with E-state index < -0.39 is 17.4 Å². The quantitative estimate of drug-likeness (QED) is 0.150. The number of nitrogens with zero attached hydrogens (tertiary/aromatic N) is 5. The van der Waals surface area contributed by atoms with Crippen molar-refractivity contribution in [2.45, 2.75) is 26.4 Å². The third kappa shape index (κ3) is 7.18. The van der Waals surface area contributed by atoms with Crippen LogP contribution in [0.25, 0.3) is 22.0 Å². The maximum atomic E-state index is 13.5. The van der Waals surface area contributed by atoms with Gasteiger partial charge in [0.1, 0.15) is 17.4 Å². The van der Waals surface area contributed by atoms with E-state index in [0.717, 1.165) is 52.6 Å². The summed E-state index contributed by atoms with van der Waals surface area (Å²) in [6, 6.07) is 16.8. The summed E-state index contributed by atoms with van der Waals surface area (Å²) in [5.41, 5.74) is 5.69. The number of anilines is 3. The Bertz CT molecular complexity index is 2270. The summed E-state index contributed by atoms with van der Waals surface area (Å²) >= 11 is 6.96. The van der Waals surface area contributed by atoms with E-state index in [4.69, 9.17) is 16.6 Å². The predicted molar refractivity (Wildman–Crippen MR) is 200 cm³/mol. The van der Waals surface area contributed by atoms with Crippen molar-refractivity contribution in [2.24, 2.45) is 18.9 Å². The van der Waals surface area contributed by atoms with Crippen LogP contribution < -0.4 is 16.2 Å². The van der Waals surface area contributed by atoms with Crippen LogP contribution in [-0.4, -0.2) is 73.8 Å². The molecule has 2 aliphatic rings. The van der Waals surface area contributed by atoms with Gasteiger partial charge in [0, 0.05) is 80.9 Å². The molecule has 1 amide bonds. The minimum atomic E-state index is -0.758. The maximum absolute atomic E-state index is 13.5. The van der Waals surface area contributed by atoms with Crippen molar-refractivity contribution in [1.82, 2.24) is 24.3 Å². The van der Waals surface area contributed by atoms with E-state index >= 15 is 0 Å². The Morgan fingerprint density at radius 3 is 2.48 bits per heavy atom. The first-order chi connectivity index (χ1) is 25.1. The number of carbonyl (C=O) groups is 3. The SMILES string of the molecule is Cc1c(Nc2nccc3cc(CN4CC(C(=O)O)C4)cnc23)cccc1-c1cccc(NC(=O)c2cc(CN3CCC(C=O)C3)cn(C)c2=O)c1Cl. The highest BCUT2D eigenvalue weighted by molar-refractivity contribution is 6.36. The summed E-state index contributed by atoms with van der Waals surface area (Å²) in [5, 5.41) is 16.7. The van der Waals surface area contributed by atoms with Crippen LogP contribution in [0.4, 0.5) is 17.2 Å². The minimum Gasteiger partial charge on any atom is -0.481 e. The molecular formula is C39H38ClN7O5. The number of hydrogen-bond acceptors (Lipinski definition) is 9. The summed E-state index contributed by atoms with van der Waals surface area (Å²) in [7, 11) is 1.62. The highest BCUT2D eigenvalue weighted by Crippen LogP contribution is 2.38. The van der Waals surface area contributed by atoms with Crippen LogP contribution in [0.15, 0.2) is 78.0 Å². The van der Waals surface area contributed by atoms with Gasteiger partial charge in [-0.1, -0.05) is 35.9 Å². The molecule has 1 unspecified atom stereocenters. The van der Waals surface area contributed by atoms with Crippen molar-refractivity contribution in [1.29, 1.82) is 0 Å². The fourth-order valence-corrected chi connectivity index (χ4v) is 7.29. The molecule has 5 heterocycles. The molecule has 7 rings (SSSR count). The molecule has 5 aromatic rings. The molecule has 52 heavy (non-hydrogen) atoms. The van der Waals surface area contributed by atoms with E-state index in [0.29, 0.717) is 60.3 Å². The Hall–Kier alpha value is -5.43. The number of aromatic nitrogens is 3. The number of rotatable bonds is 11. The molecule has 0 radical (unpaired) electrons. The number of hydrogen-bond donors (Lipinski definition) is 3. The van der Waals surface area contributed by atoms with Gasteiger partial charge in [0.2, 0.25) is 0 Å². The average molecular weight is 720 g/mol. The highest BCUT2D eigenvalue weighted by atomic mass is 35.5. The number of pyridine rings is 3. The zero-order chi connectivity index (χ0) is 36.5. The monoisotopic (exact) mass is 719 g/mol. The fraction of sp³-hybridized carbons (Fsp3) is 0.282. The Morgan fingerprint density at radius 1 is 0.981 bits per heavy atom. The predicted octanol–water partition coefficient (Wildman–Crippen LogP) is 5.49. The topological polar surface area (TPSA) is 150 Å². The Balaban J connectivity index is 1.09. The smallest absolute Gasteiger partial charge is 0.309 e. The lowest BCUT2D eigenvalue weighted by molar-refractivity contribution is -0.147. The van der Waals surface area contributed by atoms with Crippen LogP contribution in [-0.2, 0) is 29.7 Å². The standard InChI is InChI=1S/C39H38ClN7O5/c1-23-29(5-3-7-32(23)43-36-35-27(9-11-41-36)13-25(15-42-35)18-47-20-28(21-47)39(51)52)30-6-4-8-33(34(30)40)44-37(49)31-14-26(16-45(2)38(31)50)19-46-12-10-24(17-46)22-48/h3-9,11,13-16,22,24,28H,10,12,17-21H2,1-2H3,(H,41,43)(H,44,49)(H,51,52). The molecule has 2 aliphatic heterocycles. The molecular weight excluding hydrogens is 682 g/mol. The Labute approximate surface area is 305 Å². The van der Waals surface area contributed by atoms with E-state index in [1.165, 1.54) is 4.57 Å².